The van der Waals surface area contributed by atoms with Crippen LogP contribution >= 0.6 is 11.8 Å². The highest BCUT2D eigenvalue weighted by molar-refractivity contribution is 7.99. The third kappa shape index (κ3) is 4.31. The summed E-state index contributed by atoms with van der Waals surface area (Å²) in [4.78, 5) is 18.2. The van der Waals surface area contributed by atoms with Crippen LogP contribution in [0.25, 0.3) is 0 Å². The molecular weight excluding hydrogens is 342 g/mol. The zero-order valence-electron chi connectivity index (χ0n) is 14.8. The average molecular weight is 363 g/mol. The maximum absolute atomic E-state index is 12.8. The molecule has 0 saturated carbocycles. The molecule has 1 amide bonds. The quantitative estimate of drug-likeness (QED) is 0.697. The molecule has 1 aromatic heterocycles. The zero-order chi connectivity index (χ0) is 18.5. The van der Waals surface area contributed by atoms with Gasteiger partial charge in [0.05, 0.1) is 5.56 Å². The van der Waals surface area contributed by atoms with E-state index < -0.39 is 0 Å². The number of aromatic nitrogens is 1. The smallest absolute Gasteiger partial charge is 0.258 e. The van der Waals surface area contributed by atoms with Crippen molar-refractivity contribution in [2.24, 2.45) is 5.73 Å². The van der Waals surface area contributed by atoms with Gasteiger partial charge in [0.25, 0.3) is 5.91 Å². The van der Waals surface area contributed by atoms with Gasteiger partial charge < -0.3 is 11.1 Å². The van der Waals surface area contributed by atoms with Crippen molar-refractivity contribution in [2.45, 2.75) is 30.3 Å². The first-order valence-electron chi connectivity index (χ1n) is 8.37. The molecular formula is C21H21N3OS. The van der Waals surface area contributed by atoms with E-state index in [1.165, 1.54) is 22.9 Å². The summed E-state index contributed by atoms with van der Waals surface area (Å²) in [5, 5.41) is 3.62. The van der Waals surface area contributed by atoms with Gasteiger partial charge in [0, 0.05) is 23.3 Å². The third-order valence-electron chi connectivity index (χ3n) is 4.13. The summed E-state index contributed by atoms with van der Waals surface area (Å²) in [6.45, 7) is 4.60. The number of rotatable bonds is 5. The van der Waals surface area contributed by atoms with Crippen LogP contribution in [-0.2, 0) is 6.54 Å². The molecule has 0 bridgehead atoms. The SMILES string of the molecule is Cc1ccc(Sc2ncccc2C(=O)Nc2cccc(CN)c2)cc1C. The molecule has 0 aliphatic rings. The fourth-order valence-electron chi connectivity index (χ4n) is 2.51. The molecule has 0 radical (unpaired) electrons. The van der Waals surface area contributed by atoms with Gasteiger partial charge in [0.15, 0.2) is 0 Å². The summed E-state index contributed by atoms with van der Waals surface area (Å²) in [5.74, 6) is -0.182. The molecule has 3 N–H and O–H groups in total. The fraction of sp³-hybridized carbons (Fsp3) is 0.143. The summed E-state index contributed by atoms with van der Waals surface area (Å²) in [7, 11) is 0. The molecule has 2 aromatic carbocycles. The van der Waals surface area contributed by atoms with E-state index in [0.29, 0.717) is 17.1 Å². The number of nitrogens with one attached hydrogen (secondary N) is 1. The number of amides is 1. The molecule has 0 spiro atoms. The van der Waals surface area contributed by atoms with E-state index in [9.17, 15) is 4.79 Å². The van der Waals surface area contributed by atoms with Crippen molar-refractivity contribution in [3.8, 4) is 0 Å². The maximum Gasteiger partial charge on any atom is 0.258 e. The van der Waals surface area contributed by atoms with E-state index in [-0.39, 0.29) is 5.91 Å². The second-order valence-electron chi connectivity index (χ2n) is 6.06. The number of benzene rings is 2. The molecule has 4 nitrogen and oxygen atoms in total. The number of nitrogens with zero attached hydrogens (tertiary/aromatic N) is 1. The molecule has 26 heavy (non-hydrogen) atoms. The number of aryl methyl sites for hydroxylation is 2. The lowest BCUT2D eigenvalue weighted by atomic mass is 10.1. The number of nitrogens with two attached hydrogens (primary N) is 1. The monoisotopic (exact) mass is 363 g/mol. The van der Waals surface area contributed by atoms with E-state index in [1.54, 1.807) is 18.3 Å². The summed E-state index contributed by atoms with van der Waals surface area (Å²) in [6, 6.07) is 17.3. The molecule has 0 aliphatic heterocycles. The number of hydrogen-bond acceptors (Lipinski definition) is 4. The number of anilines is 1. The molecule has 0 unspecified atom stereocenters. The van der Waals surface area contributed by atoms with Crippen LogP contribution in [0.5, 0.6) is 0 Å². The van der Waals surface area contributed by atoms with Crippen LogP contribution in [0.4, 0.5) is 5.69 Å². The lowest BCUT2D eigenvalue weighted by molar-refractivity contribution is 0.102. The maximum atomic E-state index is 12.8. The van der Waals surface area contributed by atoms with Crippen molar-refractivity contribution < 1.29 is 4.79 Å². The van der Waals surface area contributed by atoms with Crippen LogP contribution in [0.15, 0.2) is 70.7 Å². The van der Waals surface area contributed by atoms with Crippen molar-refractivity contribution in [2.75, 3.05) is 5.32 Å². The summed E-state index contributed by atoms with van der Waals surface area (Å²) >= 11 is 1.49. The van der Waals surface area contributed by atoms with Crippen LogP contribution in [0.3, 0.4) is 0 Å². The Morgan fingerprint density at radius 2 is 1.92 bits per heavy atom. The second-order valence-corrected chi connectivity index (χ2v) is 7.13. The molecule has 3 aromatic rings. The molecule has 3 rings (SSSR count). The Labute approximate surface area is 157 Å². The Kier molecular flexibility index (Phi) is 5.71. The first kappa shape index (κ1) is 18.2. The summed E-state index contributed by atoms with van der Waals surface area (Å²) < 4.78 is 0. The first-order valence-corrected chi connectivity index (χ1v) is 9.19. The molecule has 0 atom stereocenters. The van der Waals surface area contributed by atoms with Crippen molar-refractivity contribution >= 4 is 23.4 Å². The van der Waals surface area contributed by atoms with E-state index >= 15 is 0 Å². The van der Waals surface area contributed by atoms with Crippen molar-refractivity contribution in [1.82, 2.24) is 4.98 Å². The molecule has 0 aliphatic carbocycles. The highest BCUT2D eigenvalue weighted by Gasteiger charge is 2.14. The molecule has 0 saturated heterocycles. The molecule has 1 heterocycles. The van der Waals surface area contributed by atoms with Gasteiger partial charge in [0.1, 0.15) is 5.03 Å². The number of carbonyl (C=O) groups is 1. The van der Waals surface area contributed by atoms with E-state index in [0.717, 1.165) is 16.1 Å². The van der Waals surface area contributed by atoms with Gasteiger partial charge in [-0.25, -0.2) is 4.98 Å². The topological polar surface area (TPSA) is 68.0 Å². The van der Waals surface area contributed by atoms with E-state index in [1.807, 2.05) is 30.3 Å². The van der Waals surface area contributed by atoms with Crippen LogP contribution in [0.2, 0.25) is 0 Å². The Morgan fingerprint density at radius 3 is 2.69 bits per heavy atom. The summed E-state index contributed by atoms with van der Waals surface area (Å²) in [6.07, 6.45) is 1.70. The average Bonchev–Trinajstić information content (AvgIpc) is 2.65. The highest BCUT2D eigenvalue weighted by Crippen LogP contribution is 2.30. The normalized spacial score (nSPS) is 10.6. The molecule has 132 valence electrons. The van der Waals surface area contributed by atoms with Gasteiger partial charge >= 0.3 is 0 Å². The Hall–Kier alpha value is -2.63. The van der Waals surface area contributed by atoms with Crippen LogP contribution in [0, 0.1) is 13.8 Å². The predicted molar refractivity (Wildman–Crippen MR) is 107 cm³/mol. The Bertz CT molecular complexity index is 940. The van der Waals surface area contributed by atoms with E-state index in [2.05, 4.69) is 36.3 Å². The lowest BCUT2D eigenvalue weighted by Crippen LogP contribution is -2.14. The fourth-order valence-corrected chi connectivity index (χ4v) is 3.49. The van der Waals surface area contributed by atoms with Gasteiger partial charge in [-0.2, -0.15) is 0 Å². The number of pyridine rings is 1. The highest BCUT2D eigenvalue weighted by atomic mass is 32.2. The number of carbonyl (C=O) groups excluding carboxylic acids is 1. The van der Waals surface area contributed by atoms with Crippen molar-refractivity contribution in [3.63, 3.8) is 0 Å². The minimum atomic E-state index is -0.182. The van der Waals surface area contributed by atoms with Crippen molar-refractivity contribution in [3.05, 3.63) is 83.0 Å². The van der Waals surface area contributed by atoms with Gasteiger partial charge in [0.2, 0.25) is 0 Å². The van der Waals surface area contributed by atoms with Crippen LogP contribution in [-0.4, -0.2) is 10.9 Å². The third-order valence-corrected chi connectivity index (χ3v) is 5.14. The van der Waals surface area contributed by atoms with Gasteiger partial charge in [-0.3, -0.25) is 4.79 Å². The second kappa shape index (κ2) is 8.17. The number of hydrogen-bond donors (Lipinski definition) is 2. The largest absolute Gasteiger partial charge is 0.326 e. The van der Waals surface area contributed by atoms with Gasteiger partial charge in [-0.1, -0.05) is 30.0 Å². The minimum absolute atomic E-state index is 0.182. The summed E-state index contributed by atoms with van der Waals surface area (Å²) in [5.41, 5.74) is 10.4. The first-order chi connectivity index (χ1) is 12.6. The minimum Gasteiger partial charge on any atom is -0.326 e. The van der Waals surface area contributed by atoms with Crippen LogP contribution in [0.1, 0.15) is 27.0 Å². The van der Waals surface area contributed by atoms with Crippen LogP contribution < -0.4 is 11.1 Å². The standard InChI is InChI=1S/C21H21N3OS/c1-14-8-9-18(11-15(14)2)26-21-19(7-4-10-23-21)20(25)24-17-6-3-5-16(12-17)13-22/h3-12H,13,22H2,1-2H3,(H,24,25). The van der Waals surface area contributed by atoms with Gasteiger partial charge in [-0.05, 0) is 66.9 Å². The van der Waals surface area contributed by atoms with E-state index in [4.69, 9.17) is 5.73 Å². The predicted octanol–water partition coefficient (Wildman–Crippen LogP) is 4.56. The lowest BCUT2D eigenvalue weighted by Gasteiger charge is -2.10. The zero-order valence-corrected chi connectivity index (χ0v) is 15.6. The Morgan fingerprint density at radius 1 is 1.08 bits per heavy atom. The Balaban J connectivity index is 1.83. The molecule has 5 heteroatoms. The molecule has 0 fully saturated rings. The van der Waals surface area contributed by atoms with Crippen molar-refractivity contribution in [1.29, 1.82) is 0 Å². The van der Waals surface area contributed by atoms with Gasteiger partial charge in [-0.15, -0.1) is 0 Å².